The van der Waals surface area contributed by atoms with Crippen LogP contribution in [0.3, 0.4) is 0 Å². The van der Waals surface area contributed by atoms with Crippen molar-refractivity contribution in [2.45, 2.75) is 78.8 Å². The summed E-state index contributed by atoms with van der Waals surface area (Å²) in [7, 11) is -1.13. The van der Waals surface area contributed by atoms with Crippen molar-refractivity contribution in [2.24, 2.45) is 4.99 Å². The van der Waals surface area contributed by atoms with Gasteiger partial charge in [-0.1, -0.05) is 89.0 Å². The zero-order chi connectivity index (χ0) is 25.4. The molecule has 0 N–H and O–H groups in total. The third-order valence-corrected chi connectivity index (χ3v) is 12.0. The van der Waals surface area contributed by atoms with Crippen molar-refractivity contribution < 1.29 is 51.0 Å². The summed E-state index contributed by atoms with van der Waals surface area (Å²) < 4.78 is 0. The summed E-state index contributed by atoms with van der Waals surface area (Å²) in [5.41, 5.74) is 9.87. The molecule has 0 aromatic heterocycles. The first-order valence-electron chi connectivity index (χ1n) is 13.8. The molecule has 3 aromatic carbocycles. The van der Waals surface area contributed by atoms with Gasteiger partial charge < -0.3 is 24.8 Å². The van der Waals surface area contributed by atoms with Gasteiger partial charge in [-0.3, -0.25) is 4.99 Å². The number of hydrogen-bond donors (Lipinski definition) is 0. The van der Waals surface area contributed by atoms with Crippen molar-refractivity contribution in [1.29, 1.82) is 0 Å². The average molecular weight is 653 g/mol. The number of rotatable bonds is 7. The number of halogens is 2. The Morgan fingerprint density at radius 3 is 2.26 bits per heavy atom. The number of aliphatic imine (C=N–C) groups is 1. The first-order valence-corrected chi connectivity index (χ1v) is 16.8. The van der Waals surface area contributed by atoms with Crippen molar-refractivity contribution in [3.63, 3.8) is 0 Å². The molecular formula is C34H40Cl2NSiZr. The van der Waals surface area contributed by atoms with E-state index in [-0.39, 0.29) is 51.0 Å². The Hall–Kier alpha value is -1.38. The molecule has 1 aliphatic carbocycles. The van der Waals surface area contributed by atoms with Crippen LogP contribution in [0.1, 0.15) is 70.4 Å². The van der Waals surface area contributed by atoms with Crippen LogP contribution < -0.4 is 24.8 Å². The SMILES string of the molecule is CC1=C2C3=NC=CC3=C1[Si]2(C)C.CCCCCCc1ccc(-c2cccc3[cH-]c(C(C)C)cc23)cc1.[Cl-].[Cl-].[Zr+3]. The van der Waals surface area contributed by atoms with Gasteiger partial charge in [-0.15, -0.1) is 34.5 Å². The van der Waals surface area contributed by atoms with E-state index in [0.717, 1.165) is 0 Å². The predicted octanol–water partition coefficient (Wildman–Crippen LogP) is 3.86. The molecule has 3 heterocycles. The minimum atomic E-state index is -1.13. The van der Waals surface area contributed by atoms with Gasteiger partial charge in [-0.2, -0.15) is 6.07 Å². The Kier molecular flexibility index (Phi) is 12.1. The van der Waals surface area contributed by atoms with Gasteiger partial charge in [0.05, 0.1) is 5.71 Å². The van der Waals surface area contributed by atoms with Crippen molar-refractivity contribution >= 4 is 24.6 Å². The van der Waals surface area contributed by atoms with E-state index >= 15 is 0 Å². The van der Waals surface area contributed by atoms with Gasteiger partial charge in [-0.25, -0.2) is 0 Å². The van der Waals surface area contributed by atoms with Crippen LogP contribution in [0, 0.1) is 0 Å². The summed E-state index contributed by atoms with van der Waals surface area (Å²) in [5, 5.41) is 6.01. The standard InChI is InChI=1S/C24H29.C10H11NSi.2ClH.Zr/c1-4-5-6-7-9-19-12-14-20(15-13-19)23-11-8-10-21-16-22(18(2)3)17-24(21)23;1-6-9-7-4-5-11-8(7)10(6)12(9,2)3;;;/h8,10-18H,4-7,9H2,1-3H3;4-5H,1-3H3;2*1H;/q-1;;;;+3/p-2. The molecule has 0 spiro atoms. The third kappa shape index (κ3) is 6.43. The summed E-state index contributed by atoms with van der Waals surface area (Å²) in [5.74, 6) is 0.579. The zero-order valence-electron chi connectivity index (χ0n) is 24.2. The van der Waals surface area contributed by atoms with Crippen LogP contribution in [0.15, 0.2) is 93.4 Å². The first-order chi connectivity index (χ1) is 17.3. The summed E-state index contributed by atoms with van der Waals surface area (Å²) in [6.45, 7) is 13.9. The maximum Gasteiger partial charge on any atom is 3.00 e. The van der Waals surface area contributed by atoms with Gasteiger partial charge in [0.25, 0.3) is 0 Å². The number of allylic oxidation sites excluding steroid dienone is 5. The molecule has 1 nitrogen and oxygen atoms in total. The van der Waals surface area contributed by atoms with Gasteiger partial charge in [0.1, 0.15) is 8.07 Å². The molecule has 4 aliphatic rings. The summed E-state index contributed by atoms with van der Waals surface area (Å²) >= 11 is 0. The quantitative estimate of drug-likeness (QED) is 0.209. The Morgan fingerprint density at radius 2 is 1.64 bits per heavy atom. The van der Waals surface area contributed by atoms with Crippen molar-refractivity contribution in [1.82, 2.24) is 0 Å². The fourth-order valence-corrected chi connectivity index (χ4v) is 10.2. The zero-order valence-corrected chi connectivity index (χ0v) is 29.1. The number of benzene rings is 2. The van der Waals surface area contributed by atoms with Crippen LogP contribution in [0.5, 0.6) is 0 Å². The van der Waals surface area contributed by atoms with E-state index in [9.17, 15) is 0 Å². The van der Waals surface area contributed by atoms with Crippen LogP contribution in [0.4, 0.5) is 0 Å². The monoisotopic (exact) mass is 650 g/mol. The molecule has 3 aliphatic heterocycles. The number of unbranched alkanes of at least 4 members (excludes halogenated alkanes) is 3. The molecule has 39 heavy (non-hydrogen) atoms. The minimum Gasteiger partial charge on any atom is -1.00 e. The van der Waals surface area contributed by atoms with E-state index in [0.29, 0.717) is 5.92 Å². The van der Waals surface area contributed by atoms with Gasteiger partial charge in [0, 0.05) is 11.8 Å². The van der Waals surface area contributed by atoms with E-state index in [1.807, 2.05) is 6.20 Å². The second-order valence-electron chi connectivity index (χ2n) is 11.5. The van der Waals surface area contributed by atoms with E-state index in [2.05, 4.69) is 106 Å². The fraction of sp³-hybridized carbons (Fsp3) is 0.353. The van der Waals surface area contributed by atoms with E-state index in [1.54, 1.807) is 10.4 Å². The Labute approximate surface area is 268 Å². The van der Waals surface area contributed by atoms with Gasteiger partial charge in [0.15, 0.2) is 0 Å². The molecule has 0 saturated heterocycles. The molecule has 1 radical (unpaired) electrons. The van der Waals surface area contributed by atoms with Crippen molar-refractivity contribution in [2.75, 3.05) is 0 Å². The van der Waals surface area contributed by atoms with Crippen LogP contribution in [-0.4, -0.2) is 13.8 Å². The molecule has 0 saturated carbocycles. The second kappa shape index (κ2) is 14.0. The third-order valence-electron chi connectivity index (χ3n) is 8.23. The molecule has 2 bridgehead atoms. The Bertz CT molecular complexity index is 1420. The van der Waals surface area contributed by atoms with Gasteiger partial charge >= 0.3 is 26.2 Å². The summed E-state index contributed by atoms with van der Waals surface area (Å²) in [6.07, 6.45) is 10.6. The van der Waals surface area contributed by atoms with Crippen LogP contribution in [-0.2, 0) is 32.6 Å². The second-order valence-corrected chi connectivity index (χ2v) is 15.7. The molecule has 0 unspecified atom stereocenters. The van der Waals surface area contributed by atoms with Gasteiger partial charge in [0.2, 0.25) is 0 Å². The number of aryl methyl sites for hydroxylation is 1. The topological polar surface area (TPSA) is 12.4 Å². The molecule has 0 amide bonds. The average Bonchev–Trinajstić information content (AvgIpc) is 3.59. The molecular weight excluding hydrogens is 613 g/mol. The fourth-order valence-electron chi connectivity index (χ4n) is 6.32. The smallest absolute Gasteiger partial charge is 1.00 e. The van der Waals surface area contributed by atoms with E-state index < -0.39 is 8.07 Å². The van der Waals surface area contributed by atoms with Gasteiger partial charge in [-0.05, 0) is 58.9 Å². The predicted molar refractivity (Wildman–Crippen MR) is 161 cm³/mol. The molecule has 7 rings (SSSR count). The normalized spacial score (nSPS) is 15.6. The summed E-state index contributed by atoms with van der Waals surface area (Å²) in [4.78, 5) is 4.42. The number of hydrogen-bond acceptors (Lipinski definition) is 1. The van der Waals surface area contributed by atoms with Crippen molar-refractivity contribution in [3.05, 3.63) is 99.5 Å². The Balaban J connectivity index is 0.000000300. The van der Waals surface area contributed by atoms with E-state index in [1.165, 1.54) is 82.0 Å². The van der Waals surface area contributed by atoms with Crippen LogP contribution >= 0.6 is 0 Å². The van der Waals surface area contributed by atoms with E-state index in [4.69, 9.17) is 0 Å². The molecule has 0 atom stereocenters. The van der Waals surface area contributed by atoms with Crippen LogP contribution in [0.25, 0.3) is 21.9 Å². The largest absolute Gasteiger partial charge is 3.00 e. The Morgan fingerprint density at radius 1 is 0.923 bits per heavy atom. The number of nitrogens with zero attached hydrogens (tertiary/aromatic N) is 1. The van der Waals surface area contributed by atoms with Crippen molar-refractivity contribution in [3.8, 4) is 11.1 Å². The maximum atomic E-state index is 4.42. The minimum absolute atomic E-state index is 0. The van der Waals surface area contributed by atoms with Crippen LogP contribution in [0.2, 0.25) is 13.1 Å². The molecule has 0 fully saturated rings. The maximum absolute atomic E-state index is 4.42. The summed E-state index contributed by atoms with van der Waals surface area (Å²) in [6, 6.07) is 20.6. The molecule has 5 heteroatoms. The first kappa shape index (κ1) is 33.8. The molecule has 3 aromatic rings. The number of fused-ring (bicyclic) bond motifs is 1. The molecule has 203 valence electrons.